The Labute approximate surface area is 238 Å². The molecule has 0 aromatic heterocycles. The highest BCUT2D eigenvalue weighted by atomic mass is 35.5. The van der Waals surface area contributed by atoms with E-state index in [9.17, 15) is 9.67 Å². The first kappa shape index (κ1) is 29.7. The highest BCUT2D eigenvalue weighted by Crippen LogP contribution is 2.54. The Hall–Kier alpha value is -2.30. The molecule has 1 aliphatic heterocycles. The summed E-state index contributed by atoms with van der Waals surface area (Å²) in [5, 5.41) is 10.9. The molecule has 3 atom stereocenters. The SMILES string of the molecule is CCC(C)c1cc(Cc2c(C)cc(OC[P@@]3(=O)OCCCCC[C@@H](c4cccc(Cl)c4)O3)cc2C)ccc1O. The second-order valence-corrected chi connectivity index (χ2v) is 13.0. The molecule has 5 nitrogen and oxygen atoms in total. The van der Waals surface area contributed by atoms with Crippen LogP contribution in [0, 0.1) is 13.8 Å². The summed E-state index contributed by atoms with van der Waals surface area (Å²) in [6.45, 7) is 8.77. The van der Waals surface area contributed by atoms with Gasteiger partial charge in [-0.25, -0.2) is 0 Å². The van der Waals surface area contributed by atoms with E-state index in [0.29, 0.717) is 29.0 Å². The van der Waals surface area contributed by atoms with Gasteiger partial charge < -0.3 is 14.4 Å². The highest BCUT2D eigenvalue weighted by Gasteiger charge is 2.32. The topological polar surface area (TPSA) is 65.0 Å². The van der Waals surface area contributed by atoms with Crippen LogP contribution in [0.15, 0.2) is 54.6 Å². The molecule has 0 amide bonds. The zero-order valence-electron chi connectivity index (χ0n) is 23.4. The van der Waals surface area contributed by atoms with Crippen molar-refractivity contribution in [2.75, 3.05) is 13.0 Å². The van der Waals surface area contributed by atoms with E-state index in [1.165, 1.54) is 5.56 Å². The van der Waals surface area contributed by atoms with E-state index in [-0.39, 0.29) is 12.5 Å². The van der Waals surface area contributed by atoms with Crippen molar-refractivity contribution in [1.82, 2.24) is 0 Å². The van der Waals surface area contributed by atoms with Crippen molar-refractivity contribution < 1.29 is 23.5 Å². The van der Waals surface area contributed by atoms with E-state index < -0.39 is 7.60 Å². The molecule has 1 fully saturated rings. The van der Waals surface area contributed by atoms with Crippen LogP contribution in [0.5, 0.6) is 11.5 Å². The van der Waals surface area contributed by atoms with Crippen LogP contribution in [0.2, 0.25) is 5.02 Å². The lowest BCUT2D eigenvalue weighted by Crippen LogP contribution is -2.10. The van der Waals surface area contributed by atoms with Crippen LogP contribution in [0.1, 0.15) is 91.4 Å². The van der Waals surface area contributed by atoms with Gasteiger partial charge in [0.25, 0.3) is 0 Å². The summed E-state index contributed by atoms with van der Waals surface area (Å²) in [6, 6.07) is 17.4. The maximum atomic E-state index is 13.8. The summed E-state index contributed by atoms with van der Waals surface area (Å²) in [5.41, 5.74) is 6.44. The third-order valence-corrected chi connectivity index (χ3v) is 9.41. The molecule has 0 bridgehead atoms. The fourth-order valence-electron chi connectivity index (χ4n) is 5.09. The third kappa shape index (κ3) is 7.89. The number of hydrogen-bond acceptors (Lipinski definition) is 5. The first-order chi connectivity index (χ1) is 18.7. The molecule has 0 spiro atoms. The van der Waals surface area contributed by atoms with Crippen molar-refractivity contribution in [3.8, 4) is 11.5 Å². The Morgan fingerprint density at radius 3 is 2.56 bits per heavy atom. The predicted octanol–water partition coefficient (Wildman–Crippen LogP) is 9.64. The van der Waals surface area contributed by atoms with Gasteiger partial charge in [0, 0.05) is 5.02 Å². The van der Waals surface area contributed by atoms with Crippen molar-refractivity contribution in [2.24, 2.45) is 0 Å². The Balaban J connectivity index is 1.49. The maximum Gasteiger partial charge on any atom is 0.368 e. The van der Waals surface area contributed by atoms with E-state index in [4.69, 9.17) is 25.4 Å². The van der Waals surface area contributed by atoms with Crippen molar-refractivity contribution in [1.29, 1.82) is 0 Å². The van der Waals surface area contributed by atoms with Gasteiger partial charge in [0.2, 0.25) is 0 Å². The van der Waals surface area contributed by atoms with E-state index in [0.717, 1.165) is 66.3 Å². The van der Waals surface area contributed by atoms with Crippen LogP contribution >= 0.6 is 19.2 Å². The van der Waals surface area contributed by atoms with Crippen LogP contribution in [0.25, 0.3) is 0 Å². The van der Waals surface area contributed by atoms with Gasteiger partial charge in [0.1, 0.15) is 11.5 Å². The van der Waals surface area contributed by atoms with Crippen LogP contribution in [0.3, 0.4) is 0 Å². The molecule has 1 aliphatic rings. The number of phenols is 1. The third-order valence-electron chi connectivity index (χ3n) is 7.58. The summed E-state index contributed by atoms with van der Waals surface area (Å²) < 4.78 is 31.8. The molecule has 210 valence electrons. The predicted molar refractivity (Wildman–Crippen MR) is 158 cm³/mol. The van der Waals surface area contributed by atoms with Gasteiger partial charge in [0.15, 0.2) is 6.35 Å². The summed E-state index contributed by atoms with van der Waals surface area (Å²) in [7, 11) is -3.52. The fourth-order valence-corrected chi connectivity index (χ4v) is 6.82. The van der Waals surface area contributed by atoms with E-state index in [1.807, 2.05) is 42.5 Å². The van der Waals surface area contributed by atoms with Gasteiger partial charge in [-0.15, -0.1) is 0 Å². The van der Waals surface area contributed by atoms with Crippen LogP contribution in [-0.2, 0) is 20.0 Å². The molecule has 1 saturated heterocycles. The van der Waals surface area contributed by atoms with E-state index >= 15 is 0 Å². The van der Waals surface area contributed by atoms with Crippen molar-refractivity contribution in [3.63, 3.8) is 0 Å². The minimum atomic E-state index is -3.52. The molecular formula is C32H40ClO5P. The van der Waals surface area contributed by atoms with Crippen LogP contribution in [-0.4, -0.2) is 18.1 Å². The quantitative estimate of drug-likeness (QED) is 0.273. The molecule has 1 unspecified atom stereocenters. The van der Waals surface area contributed by atoms with E-state index in [2.05, 4.69) is 33.8 Å². The Morgan fingerprint density at radius 1 is 1.08 bits per heavy atom. The minimum absolute atomic E-state index is 0.154. The second kappa shape index (κ2) is 13.4. The molecule has 3 aromatic rings. The maximum absolute atomic E-state index is 13.8. The average Bonchev–Trinajstić information content (AvgIpc) is 3.00. The number of aryl methyl sites for hydroxylation is 2. The minimum Gasteiger partial charge on any atom is -0.508 e. The summed E-state index contributed by atoms with van der Waals surface area (Å²) in [5.74, 6) is 1.29. The molecule has 39 heavy (non-hydrogen) atoms. The lowest BCUT2D eigenvalue weighted by molar-refractivity contribution is 0.135. The molecule has 0 radical (unpaired) electrons. The number of phenolic OH excluding ortho intramolecular Hbond substituents is 1. The second-order valence-electron chi connectivity index (χ2n) is 10.6. The van der Waals surface area contributed by atoms with Crippen molar-refractivity contribution in [3.05, 3.63) is 93.0 Å². The lowest BCUT2D eigenvalue weighted by Gasteiger charge is -2.24. The first-order valence-corrected chi connectivity index (χ1v) is 16.0. The average molecular weight is 571 g/mol. The zero-order valence-corrected chi connectivity index (χ0v) is 25.1. The number of benzene rings is 3. The Kier molecular flexibility index (Phi) is 10.2. The largest absolute Gasteiger partial charge is 0.508 e. The Morgan fingerprint density at radius 2 is 1.85 bits per heavy atom. The zero-order chi connectivity index (χ0) is 28.0. The van der Waals surface area contributed by atoms with Crippen LogP contribution < -0.4 is 4.74 Å². The van der Waals surface area contributed by atoms with Gasteiger partial charge in [0.05, 0.1) is 12.7 Å². The molecule has 3 aromatic carbocycles. The normalized spacial score (nSPS) is 21.0. The number of halogens is 1. The number of hydrogen-bond donors (Lipinski definition) is 1. The molecule has 1 heterocycles. The van der Waals surface area contributed by atoms with Gasteiger partial charge >= 0.3 is 7.60 Å². The fraction of sp³-hybridized carbons (Fsp3) is 0.438. The molecule has 4 rings (SSSR count). The highest BCUT2D eigenvalue weighted by molar-refractivity contribution is 7.53. The Bertz CT molecular complexity index is 1300. The molecule has 0 saturated carbocycles. The summed E-state index contributed by atoms with van der Waals surface area (Å²) in [6.07, 6.45) is 4.73. The summed E-state index contributed by atoms with van der Waals surface area (Å²) in [4.78, 5) is 0. The van der Waals surface area contributed by atoms with E-state index in [1.54, 1.807) is 6.07 Å². The molecule has 1 N–H and O–H groups in total. The van der Waals surface area contributed by atoms with Gasteiger partial charge in [-0.2, -0.15) is 0 Å². The standard InChI is InChI=1S/C32H40ClO5P/c1-5-22(2)30-19-25(13-14-31(30)34)18-29-23(3)16-28(17-24(29)4)36-21-39(35)37-15-8-6-7-12-32(38-39)26-10-9-11-27(33)20-26/h9-11,13-14,16-17,19-20,22,32,34H,5-8,12,15,18,21H2,1-4H3/t22?,32-,39+/m0/s1. The van der Waals surface area contributed by atoms with Gasteiger partial charge in [-0.05, 0) is 109 Å². The monoisotopic (exact) mass is 570 g/mol. The molecular weight excluding hydrogens is 531 g/mol. The molecule has 7 heteroatoms. The smallest absolute Gasteiger partial charge is 0.368 e. The number of rotatable bonds is 8. The van der Waals surface area contributed by atoms with Crippen LogP contribution in [0.4, 0.5) is 0 Å². The summed E-state index contributed by atoms with van der Waals surface area (Å²) >= 11 is 6.22. The molecule has 0 aliphatic carbocycles. The van der Waals surface area contributed by atoms with Gasteiger partial charge in [-0.3, -0.25) is 9.09 Å². The van der Waals surface area contributed by atoms with Gasteiger partial charge in [-0.1, -0.05) is 62.6 Å². The number of aromatic hydroxyl groups is 1. The number of ether oxygens (including phenoxy) is 1. The van der Waals surface area contributed by atoms with Crippen molar-refractivity contribution >= 4 is 19.2 Å². The van der Waals surface area contributed by atoms with Crippen molar-refractivity contribution in [2.45, 2.75) is 78.2 Å². The first-order valence-electron chi connectivity index (χ1n) is 13.9. The lowest BCUT2D eigenvalue weighted by atomic mass is 9.91.